The van der Waals surface area contributed by atoms with E-state index in [1.807, 2.05) is 35.4 Å². The summed E-state index contributed by atoms with van der Waals surface area (Å²) < 4.78 is 33.5. The van der Waals surface area contributed by atoms with E-state index in [-0.39, 0.29) is 36.3 Å². The van der Waals surface area contributed by atoms with Crippen LogP contribution in [0.15, 0.2) is 49.1 Å². The zero-order valence-electron chi connectivity index (χ0n) is 29.7. The highest BCUT2D eigenvalue weighted by molar-refractivity contribution is 6.05. The summed E-state index contributed by atoms with van der Waals surface area (Å²) in [7, 11) is 1.60. The number of rotatable bonds is 12. The highest BCUT2D eigenvalue weighted by atomic mass is 19.1. The maximum Gasteiger partial charge on any atom is 0.306 e. The molecule has 0 unspecified atom stereocenters. The number of ether oxygens (including phenoxy) is 3. The van der Waals surface area contributed by atoms with Crippen LogP contribution in [0.5, 0.6) is 11.5 Å². The Morgan fingerprint density at radius 1 is 1.08 bits per heavy atom. The van der Waals surface area contributed by atoms with Crippen molar-refractivity contribution in [3.63, 3.8) is 0 Å². The first-order chi connectivity index (χ1) is 26.0. The Bertz CT molecular complexity index is 2110. The molecule has 4 aromatic heterocycles. The molecule has 2 fully saturated rings. The SMILES string of the molecule is COc1cc2c(cc1-n1nc(C(=O)NCCN3CCC(CC(=O)O[C@@H]4CCN(CCF)C4)CC3)c3cnc(-c4cnn5cccnc45)cc31)OCCN2. The van der Waals surface area contributed by atoms with Gasteiger partial charge in [-0.1, -0.05) is 0 Å². The molecule has 1 aromatic carbocycles. The Morgan fingerprint density at radius 3 is 2.79 bits per heavy atom. The van der Waals surface area contributed by atoms with E-state index < -0.39 is 0 Å². The summed E-state index contributed by atoms with van der Waals surface area (Å²) in [5.41, 5.74) is 4.36. The number of carbonyl (C=O) groups is 2. The van der Waals surface area contributed by atoms with Crippen LogP contribution in [0.3, 0.4) is 0 Å². The van der Waals surface area contributed by atoms with E-state index in [1.165, 1.54) is 0 Å². The van der Waals surface area contributed by atoms with Gasteiger partial charge in [-0.3, -0.25) is 19.5 Å². The van der Waals surface area contributed by atoms with Crippen LogP contribution in [0.4, 0.5) is 10.1 Å². The van der Waals surface area contributed by atoms with E-state index >= 15 is 0 Å². The average molecular weight is 727 g/mol. The van der Waals surface area contributed by atoms with Gasteiger partial charge in [-0.05, 0) is 50.4 Å². The second-order valence-corrected chi connectivity index (χ2v) is 13.7. The van der Waals surface area contributed by atoms with Crippen molar-refractivity contribution < 1.29 is 28.2 Å². The fraction of sp³-hybridized carbons (Fsp3) is 0.459. The molecule has 7 heterocycles. The molecule has 0 saturated carbocycles. The van der Waals surface area contributed by atoms with E-state index in [0.717, 1.165) is 50.1 Å². The molecule has 0 radical (unpaired) electrons. The first-order valence-corrected chi connectivity index (χ1v) is 18.2. The number of benzene rings is 1. The van der Waals surface area contributed by atoms with Gasteiger partial charge in [0.1, 0.15) is 36.6 Å². The van der Waals surface area contributed by atoms with Crippen LogP contribution >= 0.6 is 0 Å². The van der Waals surface area contributed by atoms with Gasteiger partial charge in [0, 0.05) is 76.4 Å². The quantitative estimate of drug-likeness (QED) is 0.181. The monoisotopic (exact) mass is 726 g/mol. The number of aromatic nitrogens is 6. The van der Waals surface area contributed by atoms with E-state index in [1.54, 1.807) is 34.9 Å². The molecule has 1 amide bonds. The van der Waals surface area contributed by atoms with Gasteiger partial charge in [-0.2, -0.15) is 10.2 Å². The Balaban J connectivity index is 0.955. The lowest BCUT2D eigenvalue weighted by molar-refractivity contribution is -0.150. The molecule has 1 atom stereocenters. The first-order valence-electron chi connectivity index (χ1n) is 18.2. The summed E-state index contributed by atoms with van der Waals surface area (Å²) in [5.74, 6) is 1.01. The van der Waals surface area contributed by atoms with Crippen molar-refractivity contribution in [2.45, 2.75) is 31.8 Å². The van der Waals surface area contributed by atoms with Crippen LogP contribution in [0.25, 0.3) is 33.5 Å². The highest BCUT2D eigenvalue weighted by Crippen LogP contribution is 2.38. The molecule has 3 aliphatic heterocycles. The van der Waals surface area contributed by atoms with Crippen molar-refractivity contribution in [1.29, 1.82) is 0 Å². The van der Waals surface area contributed by atoms with Gasteiger partial charge in [0.15, 0.2) is 11.3 Å². The number of hydrogen-bond donors (Lipinski definition) is 2. The minimum atomic E-state index is -0.383. The van der Waals surface area contributed by atoms with E-state index in [9.17, 15) is 14.0 Å². The number of pyridine rings is 1. The Labute approximate surface area is 305 Å². The van der Waals surface area contributed by atoms with Crippen molar-refractivity contribution in [2.75, 3.05) is 78.1 Å². The third kappa shape index (κ3) is 7.33. The molecule has 53 heavy (non-hydrogen) atoms. The Hall–Kier alpha value is -5.35. The fourth-order valence-corrected chi connectivity index (χ4v) is 7.51. The topological polar surface area (TPSA) is 153 Å². The largest absolute Gasteiger partial charge is 0.494 e. The predicted molar refractivity (Wildman–Crippen MR) is 194 cm³/mol. The van der Waals surface area contributed by atoms with Crippen molar-refractivity contribution in [3.8, 4) is 28.4 Å². The highest BCUT2D eigenvalue weighted by Gasteiger charge is 2.28. The molecule has 15 nitrogen and oxygen atoms in total. The number of alkyl halides is 1. The van der Waals surface area contributed by atoms with Crippen LogP contribution in [-0.4, -0.2) is 130 Å². The molecule has 0 aliphatic carbocycles. The van der Waals surface area contributed by atoms with Crippen molar-refractivity contribution >= 4 is 34.1 Å². The number of fused-ring (bicyclic) bond motifs is 3. The standard InChI is InChI=1S/C37H43FN10O5/c1-51-33-19-29-32(52-16-9-39-29)20-31(33)48-30-18-28(26-22-43-47-10-2-7-40-36(26)47)42-21-27(30)35(44-48)37(50)41-8-15-45-11-3-24(4-12-45)17-34(49)53-25-5-13-46(23-25)14-6-38/h2,7,10,18-22,24-25,39H,3-6,8-9,11-17,23H2,1H3,(H,41,50)/t25-/m1/s1. The third-order valence-electron chi connectivity index (χ3n) is 10.3. The first kappa shape index (κ1) is 34.7. The van der Waals surface area contributed by atoms with Crippen LogP contribution in [0, 0.1) is 5.92 Å². The number of carbonyl (C=O) groups excluding carboxylic acids is 2. The molecular weight excluding hydrogens is 683 g/mol. The van der Waals surface area contributed by atoms with E-state index in [4.69, 9.17) is 24.3 Å². The van der Waals surface area contributed by atoms with Crippen LogP contribution in [0.2, 0.25) is 0 Å². The number of halogens is 1. The third-order valence-corrected chi connectivity index (χ3v) is 10.3. The molecule has 2 N–H and O–H groups in total. The molecule has 278 valence electrons. The maximum absolute atomic E-state index is 13.8. The zero-order valence-corrected chi connectivity index (χ0v) is 29.7. The van der Waals surface area contributed by atoms with Gasteiger partial charge in [0.25, 0.3) is 5.91 Å². The van der Waals surface area contributed by atoms with Crippen LogP contribution < -0.4 is 20.1 Å². The number of methoxy groups -OCH3 is 1. The second kappa shape index (κ2) is 15.3. The predicted octanol–water partition coefficient (Wildman–Crippen LogP) is 3.36. The van der Waals surface area contributed by atoms with Crippen LogP contribution in [0.1, 0.15) is 36.2 Å². The fourth-order valence-electron chi connectivity index (χ4n) is 7.51. The molecule has 8 rings (SSSR count). The number of nitrogens with zero attached hydrogens (tertiary/aromatic N) is 8. The second-order valence-electron chi connectivity index (χ2n) is 13.7. The van der Waals surface area contributed by atoms with Crippen molar-refractivity contribution in [2.24, 2.45) is 5.92 Å². The summed E-state index contributed by atoms with van der Waals surface area (Å²) in [6.45, 7) is 5.36. The molecule has 0 spiro atoms. The molecule has 16 heteroatoms. The van der Waals surface area contributed by atoms with Gasteiger partial charge in [0.2, 0.25) is 0 Å². The number of amides is 1. The number of nitrogens with one attached hydrogen (secondary N) is 2. The average Bonchev–Trinajstić information content (AvgIpc) is 3.92. The lowest BCUT2D eigenvalue weighted by atomic mass is 9.93. The molecule has 2 saturated heterocycles. The molecular formula is C37H43FN10O5. The molecule has 3 aliphatic rings. The summed E-state index contributed by atoms with van der Waals surface area (Å²) in [6.07, 6.45) is 9.72. The minimum absolute atomic E-state index is 0.139. The summed E-state index contributed by atoms with van der Waals surface area (Å²) in [5, 5.41) is 16.3. The normalized spacial score (nSPS) is 18.1. The summed E-state index contributed by atoms with van der Waals surface area (Å²) in [6, 6.07) is 7.44. The maximum atomic E-state index is 13.8. The summed E-state index contributed by atoms with van der Waals surface area (Å²) in [4.78, 5) is 39.9. The van der Waals surface area contributed by atoms with Gasteiger partial charge >= 0.3 is 5.97 Å². The summed E-state index contributed by atoms with van der Waals surface area (Å²) >= 11 is 0. The number of anilines is 1. The van der Waals surface area contributed by atoms with Crippen molar-refractivity contribution in [3.05, 3.63) is 54.7 Å². The van der Waals surface area contributed by atoms with Gasteiger partial charge < -0.3 is 29.7 Å². The van der Waals surface area contributed by atoms with E-state index in [0.29, 0.717) is 85.2 Å². The smallest absolute Gasteiger partial charge is 0.306 e. The number of piperidine rings is 1. The number of likely N-dealkylation sites (tertiary alicyclic amines) is 2. The minimum Gasteiger partial charge on any atom is -0.494 e. The van der Waals surface area contributed by atoms with E-state index in [2.05, 4.69) is 25.6 Å². The Morgan fingerprint density at radius 2 is 1.94 bits per heavy atom. The van der Waals surface area contributed by atoms with Crippen LogP contribution in [-0.2, 0) is 9.53 Å². The Kier molecular flexibility index (Phi) is 10.0. The zero-order chi connectivity index (χ0) is 36.3. The van der Waals surface area contributed by atoms with Crippen molar-refractivity contribution in [1.82, 2.24) is 44.5 Å². The number of esters is 1. The van der Waals surface area contributed by atoms with Gasteiger partial charge in [-0.15, -0.1) is 0 Å². The lowest BCUT2D eigenvalue weighted by Crippen LogP contribution is -2.40. The van der Waals surface area contributed by atoms with Gasteiger partial charge in [-0.25, -0.2) is 18.6 Å². The van der Waals surface area contributed by atoms with Gasteiger partial charge in [0.05, 0.1) is 41.2 Å². The molecule has 0 bridgehead atoms. The molecule has 5 aromatic rings. The lowest BCUT2D eigenvalue weighted by Gasteiger charge is -2.31. The number of hydrogen-bond acceptors (Lipinski definition) is 12.